The summed E-state index contributed by atoms with van der Waals surface area (Å²) in [4.78, 5) is 24.2. The molecule has 0 unspecified atom stereocenters. The number of halogens is 2. The van der Waals surface area contributed by atoms with Gasteiger partial charge in [0.1, 0.15) is 17.9 Å². The Morgan fingerprint density at radius 2 is 1.76 bits per heavy atom. The zero-order valence-electron chi connectivity index (χ0n) is 15.8. The van der Waals surface area contributed by atoms with Crippen LogP contribution in [0.5, 0.6) is 5.75 Å². The van der Waals surface area contributed by atoms with Gasteiger partial charge in [-0.1, -0.05) is 59.6 Å². The number of ether oxygens (including phenoxy) is 1. The molecule has 0 saturated heterocycles. The summed E-state index contributed by atoms with van der Waals surface area (Å²) in [6.07, 6.45) is 0. The topological polar surface area (TPSA) is 75.6 Å². The van der Waals surface area contributed by atoms with Gasteiger partial charge in [-0.3, -0.25) is 4.79 Å². The van der Waals surface area contributed by atoms with Crippen molar-refractivity contribution in [1.29, 1.82) is 0 Å². The third-order valence-electron chi connectivity index (χ3n) is 4.45. The smallest absolute Gasteiger partial charge is 0.328 e. The standard InChI is InChI=1S/C22H19Cl2NO4/c1-22(2,21(27)28)25-20(26)16-9-8-14-5-3-4-6-15(14)19(16)29-12-13-7-10-17(23)18(24)11-13/h3-11H,12H2,1-2H3,(H,25,26)(H,27,28). The number of fused-ring (bicyclic) bond motifs is 1. The Bertz CT molecular complexity index is 1100. The molecular formula is C22H19Cl2NO4. The predicted molar refractivity (Wildman–Crippen MR) is 114 cm³/mol. The van der Waals surface area contributed by atoms with Crippen molar-refractivity contribution in [3.63, 3.8) is 0 Å². The first-order valence-electron chi connectivity index (χ1n) is 8.83. The number of nitrogens with one attached hydrogen (secondary N) is 1. The molecule has 29 heavy (non-hydrogen) atoms. The Labute approximate surface area is 178 Å². The van der Waals surface area contributed by atoms with Crippen molar-refractivity contribution in [3.8, 4) is 5.75 Å². The second kappa shape index (κ2) is 8.31. The summed E-state index contributed by atoms with van der Waals surface area (Å²) in [5.41, 5.74) is -0.397. The molecule has 0 atom stereocenters. The van der Waals surface area contributed by atoms with Crippen molar-refractivity contribution in [2.45, 2.75) is 26.0 Å². The highest BCUT2D eigenvalue weighted by Crippen LogP contribution is 2.32. The maximum Gasteiger partial charge on any atom is 0.328 e. The quantitative estimate of drug-likeness (QED) is 0.553. The van der Waals surface area contributed by atoms with E-state index in [-0.39, 0.29) is 12.2 Å². The van der Waals surface area contributed by atoms with E-state index in [1.165, 1.54) is 13.8 Å². The molecular weight excluding hydrogens is 413 g/mol. The number of hydrogen-bond acceptors (Lipinski definition) is 3. The highest BCUT2D eigenvalue weighted by atomic mass is 35.5. The molecule has 0 fully saturated rings. The van der Waals surface area contributed by atoms with Crippen LogP contribution in [0.2, 0.25) is 10.0 Å². The van der Waals surface area contributed by atoms with Crippen molar-refractivity contribution < 1.29 is 19.4 Å². The number of aliphatic carboxylic acids is 1. The van der Waals surface area contributed by atoms with Gasteiger partial charge >= 0.3 is 5.97 Å². The summed E-state index contributed by atoms with van der Waals surface area (Å²) in [6, 6.07) is 16.1. The Hall–Kier alpha value is -2.76. The average molecular weight is 432 g/mol. The number of hydrogen-bond donors (Lipinski definition) is 2. The van der Waals surface area contributed by atoms with E-state index in [2.05, 4.69) is 5.32 Å². The fourth-order valence-corrected chi connectivity index (χ4v) is 3.09. The maximum absolute atomic E-state index is 12.8. The number of amides is 1. The fraction of sp³-hybridized carbons (Fsp3) is 0.182. The molecule has 3 aromatic carbocycles. The van der Waals surface area contributed by atoms with Crippen LogP contribution in [0.3, 0.4) is 0 Å². The van der Waals surface area contributed by atoms with Gasteiger partial charge in [0, 0.05) is 5.39 Å². The lowest BCUT2D eigenvalue weighted by Gasteiger charge is -2.22. The summed E-state index contributed by atoms with van der Waals surface area (Å²) >= 11 is 12.0. The lowest BCUT2D eigenvalue weighted by atomic mass is 10.0. The minimum atomic E-state index is -1.43. The molecule has 3 aromatic rings. The Kier molecular flexibility index (Phi) is 6.01. The first-order chi connectivity index (χ1) is 13.7. The number of rotatable bonds is 6. The number of benzene rings is 3. The Morgan fingerprint density at radius 1 is 1.03 bits per heavy atom. The fourth-order valence-electron chi connectivity index (χ4n) is 2.77. The van der Waals surface area contributed by atoms with Crippen molar-refractivity contribution >= 4 is 45.9 Å². The molecule has 5 nitrogen and oxygen atoms in total. The van der Waals surface area contributed by atoms with Crippen molar-refractivity contribution in [1.82, 2.24) is 5.32 Å². The van der Waals surface area contributed by atoms with Gasteiger partial charge in [0.15, 0.2) is 0 Å². The number of carboxylic acids is 1. The zero-order chi connectivity index (χ0) is 21.2. The summed E-state index contributed by atoms with van der Waals surface area (Å²) in [5, 5.41) is 14.3. The van der Waals surface area contributed by atoms with Crippen LogP contribution >= 0.6 is 23.2 Å². The molecule has 0 aliphatic carbocycles. The van der Waals surface area contributed by atoms with Gasteiger partial charge in [-0.05, 0) is 43.0 Å². The van der Waals surface area contributed by atoms with Crippen molar-refractivity contribution in [2.24, 2.45) is 0 Å². The van der Waals surface area contributed by atoms with Gasteiger partial charge in [0.05, 0.1) is 15.6 Å². The third kappa shape index (κ3) is 4.63. The lowest BCUT2D eigenvalue weighted by molar-refractivity contribution is -0.143. The van der Waals surface area contributed by atoms with E-state index in [9.17, 15) is 14.7 Å². The summed E-state index contributed by atoms with van der Waals surface area (Å²) in [6.45, 7) is 3.00. The van der Waals surface area contributed by atoms with Gasteiger partial charge < -0.3 is 15.2 Å². The third-order valence-corrected chi connectivity index (χ3v) is 5.19. The van der Waals surface area contributed by atoms with Crippen LogP contribution in [0, 0.1) is 0 Å². The van der Waals surface area contributed by atoms with Crippen LogP contribution < -0.4 is 10.1 Å². The minimum Gasteiger partial charge on any atom is -0.487 e. The van der Waals surface area contributed by atoms with E-state index in [0.29, 0.717) is 15.8 Å². The van der Waals surface area contributed by atoms with E-state index < -0.39 is 17.4 Å². The summed E-state index contributed by atoms with van der Waals surface area (Å²) in [5.74, 6) is -1.30. The van der Waals surface area contributed by atoms with E-state index in [0.717, 1.165) is 16.3 Å². The molecule has 0 aliphatic rings. The SMILES string of the molecule is CC(C)(NC(=O)c1ccc2ccccc2c1OCc1ccc(Cl)c(Cl)c1)C(=O)O. The summed E-state index contributed by atoms with van der Waals surface area (Å²) < 4.78 is 6.02. The first-order valence-corrected chi connectivity index (χ1v) is 9.59. The van der Waals surface area contributed by atoms with Crippen molar-refractivity contribution in [3.05, 3.63) is 75.8 Å². The molecule has 0 aromatic heterocycles. The van der Waals surface area contributed by atoms with Crippen LogP contribution in [0.15, 0.2) is 54.6 Å². The monoisotopic (exact) mass is 431 g/mol. The molecule has 0 saturated carbocycles. The number of carboxylic acid groups (broad SMARTS) is 1. The molecule has 3 rings (SSSR count). The summed E-state index contributed by atoms with van der Waals surface area (Å²) in [7, 11) is 0. The molecule has 0 bridgehead atoms. The highest BCUT2D eigenvalue weighted by Gasteiger charge is 2.30. The van der Waals surface area contributed by atoms with Crippen LogP contribution in [0.25, 0.3) is 10.8 Å². The van der Waals surface area contributed by atoms with Gasteiger partial charge in [-0.25, -0.2) is 4.79 Å². The zero-order valence-corrected chi connectivity index (χ0v) is 17.3. The normalized spacial score (nSPS) is 11.3. The van der Waals surface area contributed by atoms with Crippen LogP contribution in [-0.2, 0) is 11.4 Å². The minimum absolute atomic E-state index is 0.160. The van der Waals surface area contributed by atoms with E-state index in [1.54, 1.807) is 30.3 Å². The Morgan fingerprint density at radius 3 is 2.45 bits per heavy atom. The maximum atomic E-state index is 12.8. The average Bonchev–Trinajstić information content (AvgIpc) is 2.68. The van der Waals surface area contributed by atoms with Gasteiger partial charge in [-0.2, -0.15) is 0 Å². The molecule has 2 N–H and O–H groups in total. The van der Waals surface area contributed by atoms with E-state index in [1.807, 2.05) is 24.3 Å². The second-order valence-corrected chi connectivity index (χ2v) is 7.90. The molecule has 1 amide bonds. The van der Waals surface area contributed by atoms with Crippen molar-refractivity contribution in [2.75, 3.05) is 0 Å². The highest BCUT2D eigenvalue weighted by molar-refractivity contribution is 6.42. The van der Waals surface area contributed by atoms with E-state index in [4.69, 9.17) is 27.9 Å². The second-order valence-electron chi connectivity index (χ2n) is 7.08. The van der Waals surface area contributed by atoms with Gasteiger partial charge in [0.25, 0.3) is 5.91 Å². The predicted octanol–water partition coefficient (Wildman–Crippen LogP) is 5.32. The van der Waals surface area contributed by atoms with Gasteiger partial charge in [-0.15, -0.1) is 0 Å². The van der Waals surface area contributed by atoms with Crippen LogP contribution in [0.4, 0.5) is 0 Å². The molecule has 7 heteroatoms. The molecule has 0 spiro atoms. The number of carbonyl (C=O) groups is 2. The Balaban J connectivity index is 1.98. The first kappa shape index (κ1) is 21.0. The largest absolute Gasteiger partial charge is 0.487 e. The molecule has 0 heterocycles. The number of carbonyl (C=O) groups excluding carboxylic acids is 1. The van der Waals surface area contributed by atoms with Crippen LogP contribution in [0.1, 0.15) is 29.8 Å². The molecule has 150 valence electrons. The molecule has 0 radical (unpaired) electrons. The van der Waals surface area contributed by atoms with Crippen LogP contribution in [-0.4, -0.2) is 22.5 Å². The molecule has 0 aliphatic heterocycles. The van der Waals surface area contributed by atoms with E-state index >= 15 is 0 Å². The lowest BCUT2D eigenvalue weighted by Crippen LogP contribution is -2.49. The van der Waals surface area contributed by atoms with Gasteiger partial charge in [0.2, 0.25) is 0 Å².